The van der Waals surface area contributed by atoms with Gasteiger partial charge in [0, 0.05) is 25.6 Å². The Morgan fingerprint density at radius 2 is 2.00 bits per heavy atom. The number of rotatable bonds is 5. The van der Waals surface area contributed by atoms with Crippen LogP contribution in [0.5, 0.6) is 5.75 Å². The molecule has 3 heterocycles. The Balaban J connectivity index is 1.47. The lowest BCUT2D eigenvalue weighted by atomic mass is 10.1. The summed E-state index contributed by atoms with van der Waals surface area (Å²) in [6.07, 6.45) is 0.523. The van der Waals surface area contributed by atoms with Crippen LogP contribution in [0, 0.1) is 6.92 Å². The summed E-state index contributed by atoms with van der Waals surface area (Å²) in [5, 5.41) is 12.2. The number of ether oxygens (including phenoxy) is 1. The van der Waals surface area contributed by atoms with Gasteiger partial charge in [-0.1, -0.05) is 35.5 Å². The maximum Gasteiger partial charge on any atom is 0.286 e. The summed E-state index contributed by atoms with van der Waals surface area (Å²) in [4.78, 5) is 18.5. The molecule has 1 atom stereocenters. The zero-order chi connectivity index (χ0) is 22.9. The summed E-state index contributed by atoms with van der Waals surface area (Å²) in [5.41, 5.74) is 8.37. The van der Waals surface area contributed by atoms with Gasteiger partial charge in [0.15, 0.2) is 5.82 Å². The first-order valence-corrected chi connectivity index (χ1v) is 10.6. The number of benzene rings is 2. The molecule has 0 spiro atoms. The van der Waals surface area contributed by atoms with Crippen molar-refractivity contribution in [1.82, 2.24) is 24.9 Å². The number of likely N-dealkylation sites (N-methyl/N-ethyl adjacent to an activating group) is 1. The summed E-state index contributed by atoms with van der Waals surface area (Å²) >= 11 is 0. The fourth-order valence-corrected chi connectivity index (χ4v) is 4.07. The average molecular weight is 445 g/mol. The van der Waals surface area contributed by atoms with Crippen molar-refractivity contribution in [3.8, 4) is 17.2 Å². The number of hydrogen-bond donors (Lipinski definition) is 1. The van der Waals surface area contributed by atoms with E-state index in [1.165, 1.54) is 0 Å². The van der Waals surface area contributed by atoms with Crippen LogP contribution < -0.4 is 15.4 Å². The molecule has 0 unspecified atom stereocenters. The summed E-state index contributed by atoms with van der Waals surface area (Å²) in [7, 11) is 1.97. The predicted molar refractivity (Wildman–Crippen MR) is 120 cm³/mol. The highest BCUT2D eigenvalue weighted by Crippen LogP contribution is 2.36. The van der Waals surface area contributed by atoms with Crippen LogP contribution in [0.4, 0.5) is 5.69 Å². The number of fused-ring (bicyclic) bond motifs is 1. The molecule has 2 aromatic heterocycles. The second kappa shape index (κ2) is 8.38. The molecule has 4 aromatic rings. The van der Waals surface area contributed by atoms with E-state index in [0.29, 0.717) is 37.1 Å². The highest BCUT2D eigenvalue weighted by atomic mass is 16.5. The van der Waals surface area contributed by atoms with Crippen molar-refractivity contribution in [3.05, 3.63) is 71.6 Å². The fourth-order valence-electron chi connectivity index (χ4n) is 4.07. The molecule has 0 aliphatic carbocycles. The zero-order valence-electron chi connectivity index (χ0n) is 18.3. The fraction of sp³-hybridized carbons (Fsp3) is 0.261. The first kappa shape index (κ1) is 20.7. The first-order valence-electron chi connectivity index (χ1n) is 10.6. The second-order valence-corrected chi connectivity index (χ2v) is 8.01. The minimum atomic E-state index is -0.625. The van der Waals surface area contributed by atoms with Gasteiger partial charge < -0.3 is 19.9 Å². The van der Waals surface area contributed by atoms with Gasteiger partial charge in [0.05, 0.1) is 11.7 Å². The van der Waals surface area contributed by atoms with Gasteiger partial charge in [-0.25, -0.2) is 0 Å². The Morgan fingerprint density at radius 1 is 1.18 bits per heavy atom. The Morgan fingerprint density at radius 3 is 2.73 bits per heavy atom. The SMILES string of the molecule is Cc1noc(-c2ccc3c(c2)N(C)C[C@H](n2c(Cc4ccccc4)nnc2C(N)=O)CO3)n1. The van der Waals surface area contributed by atoms with Crippen molar-refractivity contribution in [3.63, 3.8) is 0 Å². The summed E-state index contributed by atoms with van der Waals surface area (Å²) in [6.45, 7) is 2.66. The van der Waals surface area contributed by atoms with Gasteiger partial charge in [-0.3, -0.25) is 9.36 Å². The third kappa shape index (κ3) is 4.02. The van der Waals surface area contributed by atoms with Crippen LogP contribution in [0.3, 0.4) is 0 Å². The number of hydrogen-bond acceptors (Lipinski definition) is 8. The second-order valence-electron chi connectivity index (χ2n) is 8.01. The van der Waals surface area contributed by atoms with Gasteiger partial charge >= 0.3 is 0 Å². The number of carbonyl (C=O) groups is 1. The van der Waals surface area contributed by atoms with Crippen LogP contribution in [0.1, 0.15) is 33.9 Å². The molecular weight excluding hydrogens is 422 g/mol. The smallest absolute Gasteiger partial charge is 0.286 e. The Hall–Kier alpha value is -4.21. The molecule has 0 saturated carbocycles. The Labute approximate surface area is 190 Å². The number of nitrogens with zero attached hydrogens (tertiary/aromatic N) is 6. The van der Waals surface area contributed by atoms with Crippen LogP contribution in [0.25, 0.3) is 11.5 Å². The van der Waals surface area contributed by atoms with Crippen molar-refractivity contribution in [1.29, 1.82) is 0 Å². The van der Waals surface area contributed by atoms with E-state index >= 15 is 0 Å². The molecule has 0 radical (unpaired) electrons. The van der Waals surface area contributed by atoms with Crippen molar-refractivity contribution in [2.24, 2.45) is 5.73 Å². The summed E-state index contributed by atoms with van der Waals surface area (Å²) in [5.74, 6) is 1.89. The maximum atomic E-state index is 12.1. The van der Waals surface area contributed by atoms with E-state index in [0.717, 1.165) is 22.6 Å². The number of primary amides is 1. The molecule has 0 saturated heterocycles. The number of anilines is 1. The van der Waals surface area contributed by atoms with Crippen LogP contribution in [0.2, 0.25) is 0 Å². The average Bonchev–Trinajstić information content (AvgIpc) is 3.39. The molecule has 1 aliphatic heterocycles. The molecule has 1 aliphatic rings. The number of amides is 1. The van der Waals surface area contributed by atoms with Crippen molar-refractivity contribution >= 4 is 11.6 Å². The molecule has 10 heteroatoms. The standard InChI is InChI=1S/C23H23N7O3/c1-14-25-23(33-28-14)16-8-9-19-18(11-16)29(2)12-17(13-32-19)30-20(26-27-22(30)21(24)31)10-15-6-4-3-5-7-15/h3-9,11,17H,10,12-13H2,1-2H3,(H2,24,31)/t17-/m0/s1. The van der Waals surface area contributed by atoms with Crippen LogP contribution >= 0.6 is 0 Å². The first-order chi connectivity index (χ1) is 16.0. The third-order valence-electron chi connectivity index (χ3n) is 5.62. The predicted octanol–water partition coefficient (Wildman–Crippen LogP) is 2.40. The highest BCUT2D eigenvalue weighted by Gasteiger charge is 2.29. The van der Waals surface area contributed by atoms with Gasteiger partial charge in [0.2, 0.25) is 5.82 Å². The van der Waals surface area contributed by atoms with E-state index in [1.807, 2.05) is 55.6 Å². The molecule has 5 rings (SSSR count). The molecule has 1 amide bonds. The van der Waals surface area contributed by atoms with E-state index in [-0.39, 0.29) is 11.9 Å². The highest BCUT2D eigenvalue weighted by molar-refractivity contribution is 5.89. The van der Waals surface area contributed by atoms with Crippen LogP contribution in [-0.2, 0) is 6.42 Å². The van der Waals surface area contributed by atoms with E-state index in [2.05, 4.69) is 25.2 Å². The van der Waals surface area contributed by atoms with Gasteiger partial charge in [0.1, 0.15) is 18.2 Å². The third-order valence-corrected chi connectivity index (χ3v) is 5.62. The van der Waals surface area contributed by atoms with E-state index in [9.17, 15) is 4.79 Å². The van der Waals surface area contributed by atoms with Gasteiger partial charge in [0.25, 0.3) is 11.8 Å². The Kier molecular flexibility index (Phi) is 5.25. The normalized spacial score (nSPS) is 15.6. The summed E-state index contributed by atoms with van der Waals surface area (Å²) in [6, 6.07) is 15.4. The molecule has 168 valence electrons. The lowest BCUT2D eigenvalue weighted by molar-refractivity contribution is 0.0981. The molecule has 2 N–H and O–H groups in total. The summed E-state index contributed by atoms with van der Waals surface area (Å²) < 4.78 is 13.3. The lowest BCUT2D eigenvalue weighted by Crippen LogP contribution is -2.32. The van der Waals surface area contributed by atoms with Gasteiger partial charge in [-0.05, 0) is 30.7 Å². The van der Waals surface area contributed by atoms with Crippen molar-refractivity contribution < 1.29 is 14.1 Å². The van der Waals surface area contributed by atoms with E-state index < -0.39 is 5.91 Å². The lowest BCUT2D eigenvalue weighted by Gasteiger charge is -2.24. The van der Waals surface area contributed by atoms with Crippen LogP contribution in [-0.4, -0.2) is 51.0 Å². The molecule has 10 nitrogen and oxygen atoms in total. The molecule has 0 bridgehead atoms. The molecule has 2 aromatic carbocycles. The maximum absolute atomic E-state index is 12.1. The quantitative estimate of drug-likeness (QED) is 0.496. The van der Waals surface area contributed by atoms with Crippen LogP contribution in [0.15, 0.2) is 53.1 Å². The number of nitrogens with two attached hydrogens (primary N) is 1. The van der Waals surface area contributed by atoms with Gasteiger partial charge in [-0.15, -0.1) is 10.2 Å². The number of aryl methyl sites for hydroxylation is 1. The van der Waals surface area contributed by atoms with Crippen molar-refractivity contribution in [2.45, 2.75) is 19.4 Å². The Bertz CT molecular complexity index is 1300. The molecule has 0 fully saturated rings. The monoisotopic (exact) mass is 445 g/mol. The van der Waals surface area contributed by atoms with E-state index in [4.69, 9.17) is 15.0 Å². The van der Waals surface area contributed by atoms with Gasteiger partial charge in [-0.2, -0.15) is 4.98 Å². The van der Waals surface area contributed by atoms with Crippen molar-refractivity contribution in [2.75, 3.05) is 25.1 Å². The number of aromatic nitrogens is 5. The topological polar surface area (TPSA) is 125 Å². The minimum absolute atomic E-state index is 0.121. The zero-order valence-corrected chi connectivity index (χ0v) is 18.3. The number of carbonyl (C=O) groups excluding carboxylic acids is 1. The largest absolute Gasteiger partial charge is 0.489 e. The minimum Gasteiger partial charge on any atom is -0.489 e. The molecular formula is C23H23N7O3. The van der Waals surface area contributed by atoms with E-state index in [1.54, 1.807) is 11.5 Å². The molecule has 33 heavy (non-hydrogen) atoms.